The summed E-state index contributed by atoms with van der Waals surface area (Å²) in [5.74, 6) is 1.31. The smallest absolute Gasteiger partial charge is 0.243 e. The molecule has 0 unspecified atom stereocenters. The van der Waals surface area contributed by atoms with E-state index >= 15 is 0 Å². The zero-order valence-electron chi connectivity index (χ0n) is 15.3. The highest BCUT2D eigenvalue weighted by Gasteiger charge is 2.22. The van der Waals surface area contributed by atoms with Gasteiger partial charge in [0.2, 0.25) is 15.9 Å². The van der Waals surface area contributed by atoms with Gasteiger partial charge in [0, 0.05) is 30.1 Å². The summed E-state index contributed by atoms with van der Waals surface area (Å²) in [6.45, 7) is 2.31. The monoisotopic (exact) mass is 426 g/mol. The van der Waals surface area contributed by atoms with E-state index in [0.29, 0.717) is 11.6 Å². The number of carbonyl (C=O) groups excluding carboxylic acids is 1. The van der Waals surface area contributed by atoms with Gasteiger partial charge in [0.15, 0.2) is 0 Å². The number of thioether (sulfide) groups is 1. The van der Waals surface area contributed by atoms with Crippen molar-refractivity contribution in [1.29, 1.82) is 0 Å². The standard InChI is InChI=1S/C19H23ClN2O3S2/c1-15-3-5-16(6-4-15)14-26-12-11-21-19(23)13-22(2)27(24,25)18-9-7-17(20)8-10-18/h3-10H,11-14H2,1-2H3,(H,21,23). The summed E-state index contributed by atoms with van der Waals surface area (Å²) in [6.07, 6.45) is 0. The van der Waals surface area contributed by atoms with Gasteiger partial charge in [0.05, 0.1) is 11.4 Å². The van der Waals surface area contributed by atoms with Gasteiger partial charge in [-0.3, -0.25) is 4.79 Å². The topological polar surface area (TPSA) is 66.5 Å². The summed E-state index contributed by atoms with van der Waals surface area (Å²) < 4.78 is 25.9. The molecule has 0 saturated carbocycles. The fourth-order valence-electron chi connectivity index (χ4n) is 2.27. The average molecular weight is 427 g/mol. The van der Waals surface area contributed by atoms with Crippen molar-refractivity contribution >= 4 is 39.3 Å². The van der Waals surface area contributed by atoms with Crippen molar-refractivity contribution in [3.05, 3.63) is 64.7 Å². The van der Waals surface area contributed by atoms with E-state index in [9.17, 15) is 13.2 Å². The van der Waals surface area contributed by atoms with Crippen LogP contribution in [0.5, 0.6) is 0 Å². The number of aryl methyl sites for hydroxylation is 1. The molecule has 0 aliphatic carbocycles. The Hall–Kier alpha value is -1.54. The summed E-state index contributed by atoms with van der Waals surface area (Å²) in [7, 11) is -2.33. The molecule has 2 aromatic carbocycles. The van der Waals surface area contributed by atoms with E-state index in [1.165, 1.54) is 42.4 Å². The first-order valence-electron chi connectivity index (χ1n) is 8.41. The largest absolute Gasteiger partial charge is 0.354 e. The van der Waals surface area contributed by atoms with Crippen molar-refractivity contribution in [2.24, 2.45) is 0 Å². The third-order valence-corrected chi connectivity index (χ3v) is 6.95. The van der Waals surface area contributed by atoms with Crippen LogP contribution in [0.25, 0.3) is 0 Å². The number of likely N-dealkylation sites (N-methyl/N-ethyl adjacent to an activating group) is 1. The van der Waals surface area contributed by atoms with Crippen molar-refractivity contribution in [1.82, 2.24) is 9.62 Å². The Labute approximate surface area is 170 Å². The molecule has 0 spiro atoms. The van der Waals surface area contributed by atoms with E-state index in [1.54, 1.807) is 11.8 Å². The van der Waals surface area contributed by atoms with Gasteiger partial charge >= 0.3 is 0 Å². The highest BCUT2D eigenvalue weighted by Crippen LogP contribution is 2.17. The van der Waals surface area contributed by atoms with Crippen LogP contribution in [0, 0.1) is 6.92 Å². The summed E-state index contributed by atoms with van der Waals surface area (Å²) in [5, 5.41) is 3.21. The number of amides is 1. The second-order valence-corrected chi connectivity index (χ2v) is 9.69. The molecule has 0 aliphatic heterocycles. The van der Waals surface area contributed by atoms with Crippen molar-refractivity contribution in [3.8, 4) is 0 Å². The van der Waals surface area contributed by atoms with Crippen LogP contribution in [-0.2, 0) is 20.6 Å². The zero-order valence-corrected chi connectivity index (χ0v) is 17.7. The van der Waals surface area contributed by atoms with Gasteiger partial charge in [-0.25, -0.2) is 8.42 Å². The Morgan fingerprint density at radius 2 is 1.74 bits per heavy atom. The third-order valence-electron chi connectivity index (χ3n) is 3.85. The molecule has 0 heterocycles. The lowest BCUT2D eigenvalue weighted by atomic mass is 10.2. The SMILES string of the molecule is Cc1ccc(CSCCNC(=O)CN(C)S(=O)(=O)c2ccc(Cl)cc2)cc1. The van der Waals surface area contributed by atoms with Crippen molar-refractivity contribution in [2.45, 2.75) is 17.6 Å². The van der Waals surface area contributed by atoms with Crippen LogP contribution in [0.15, 0.2) is 53.4 Å². The molecule has 27 heavy (non-hydrogen) atoms. The van der Waals surface area contributed by atoms with Gasteiger partial charge in [-0.1, -0.05) is 41.4 Å². The molecule has 8 heteroatoms. The number of nitrogens with zero attached hydrogens (tertiary/aromatic N) is 1. The fraction of sp³-hybridized carbons (Fsp3) is 0.316. The van der Waals surface area contributed by atoms with E-state index in [2.05, 4.69) is 36.5 Å². The van der Waals surface area contributed by atoms with Crippen molar-refractivity contribution in [3.63, 3.8) is 0 Å². The minimum Gasteiger partial charge on any atom is -0.354 e. The Kier molecular flexibility index (Phi) is 8.16. The molecular weight excluding hydrogens is 404 g/mol. The number of carbonyl (C=O) groups is 1. The molecule has 0 saturated heterocycles. The van der Waals surface area contributed by atoms with Crippen LogP contribution in [0.3, 0.4) is 0 Å². The Bertz CT molecular complexity index is 854. The maximum Gasteiger partial charge on any atom is 0.243 e. The van der Waals surface area contributed by atoms with Gasteiger partial charge in [0.1, 0.15) is 0 Å². The number of halogens is 1. The molecule has 2 rings (SSSR count). The average Bonchev–Trinajstić information content (AvgIpc) is 2.63. The van der Waals surface area contributed by atoms with E-state index in [1.807, 2.05) is 0 Å². The van der Waals surface area contributed by atoms with Crippen LogP contribution in [0.1, 0.15) is 11.1 Å². The van der Waals surface area contributed by atoms with Crippen LogP contribution >= 0.6 is 23.4 Å². The number of hydrogen-bond donors (Lipinski definition) is 1. The van der Waals surface area contributed by atoms with E-state index in [0.717, 1.165) is 15.8 Å². The third kappa shape index (κ3) is 6.84. The molecule has 0 bridgehead atoms. The minimum absolute atomic E-state index is 0.107. The highest BCUT2D eigenvalue weighted by molar-refractivity contribution is 7.98. The molecule has 5 nitrogen and oxygen atoms in total. The van der Waals surface area contributed by atoms with Crippen LogP contribution in [-0.4, -0.2) is 44.5 Å². The van der Waals surface area contributed by atoms with Gasteiger partial charge in [0.25, 0.3) is 0 Å². The maximum atomic E-state index is 12.4. The van der Waals surface area contributed by atoms with Crippen LogP contribution in [0.4, 0.5) is 0 Å². The predicted octanol–water partition coefficient (Wildman–Crippen LogP) is 3.32. The highest BCUT2D eigenvalue weighted by atomic mass is 35.5. The normalized spacial score (nSPS) is 11.6. The lowest BCUT2D eigenvalue weighted by Crippen LogP contribution is -2.39. The predicted molar refractivity (Wildman–Crippen MR) is 112 cm³/mol. The number of sulfonamides is 1. The molecule has 0 atom stereocenters. The lowest BCUT2D eigenvalue weighted by molar-refractivity contribution is -0.121. The summed E-state index contributed by atoms with van der Waals surface area (Å²) in [6, 6.07) is 14.2. The number of hydrogen-bond acceptors (Lipinski definition) is 4. The van der Waals surface area contributed by atoms with Crippen molar-refractivity contribution < 1.29 is 13.2 Å². The number of nitrogens with one attached hydrogen (secondary N) is 1. The molecule has 1 N–H and O–H groups in total. The fourth-order valence-corrected chi connectivity index (χ4v) is 4.34. The first-order chi connectivity index (χ1) is 12.8. The first kappa shape index (κ1) is 21.8. The molecule has 2 aromatic rings. The molecule has 0 fully saturated rings. The van der Waals surface area contributed by atoms with Gasteiger partial charge < -0.3 is 5.32 Å². The Morgan fingerprint density at radius 3 is 2.37 bits per heavy atom. The van der Waals surface area contributed by atoms with Gasteiger partial charge in [-0.05, 0) is 36.8 Å². The number of benzene rings is 2. The summed E-state index contributed by atoms with van der Waals surface area (Å²) in [5.41, 5.74) is 2.47. The van der Waals surface area contributed by atoms with Crippen LogP contribution in [0.2, 0.25) is 5.02 Å². The molecule has 1 amide bonds. The maximum absolute atomic E-state index is 12.4. The number of rotatable bonds is 9. The Balaban J connectivity index is 1.73. The van der Waals surface area contributed by atoms with Gasteiger partial charge in [-0.2, -0.15) is 16.1 Å². The molecule has 146 valence electrons. The second kappa shape index (κ2) is 10.1. The van der Waals surface area contributed by atoms with E-state index in [-0.39, 0.29) is 17.3 Å². The minimum atomic E-state index is -3.72. The second-order valence-electron chi connectivity index (χ2n) is 6.10. The van der Waals surface area contributed by atoms with E-state index in [4.69, 9.17) is 11.6 Å². The molecule has 0 aromatic heterocycles. The zero-order chi connectivity index (χ0) is 19.9. The van der Waals surface area contributed by atoms with Crippen molar-refractivity contribution in [2.75, 3.05) is 25.9 Å². The molecular formula is C19H23ClN2O3S2. The summed E-state index contributed by atoms with van der Waals surface area (Å²) >= 11 is 7.50. The van der Waals surface area contributed by atoms with E-state index < -0.39 is 10.0 Å². The lowest BCUT2D eigenvalue weighted by Gasteiger charge is -2.17. The first-order valence-corrected chi connectivity index (χ1v) is 11.4. The summed E-state index contributed by atoms with van der Waals surface area (Å²) in [4.78, 5) is 12.1. The molecule has 0 aliphatic rings. The van der Waals surface area contributed by atoms with Gasteiger partial charge in [-0.15, -0.1) is 0 Å². The Morgan fingerprint density at radius 1 is 1.11 bits per heavy atom. The quantitative estimate of drug-likeness (QED) is 0.624. The molecule has 0 radical (unpaired) electrons. The van der Waals surface area contributed by atoms with Crippen LogP contribution < -0.4 is 5.32 Å².